The standard InChI is InChI=1S/C13H20OS/c1-11-3-2-6-13(14,9-11)7-4-12-5-8-15-10-12/h5,8,10-11,14H,2-4,6-7,9H2,1H3. The van der Waals surface area contributed by atoms with E-state index in [9.17, 15) is 5.11 Å². The van der Waals surface area contributed by atoms with Gasteiger partial charge in [0.15, 0.2) is 0 Å². The summed E-state index contributed by atoms with van der Waals surface area (Å²) in [6, 6.07) is 2.17. The second kappa shape index (κ2) is 4.67. The Bertz CT molecular complexity index is 293. The summed E-state index contributed by atoms with van der Waals surface area (Å²) in [4.78, 5) is 0. The normalized spacial score (nSPS) is 31.7. The first-order valence-corrected chi connectivity index (χ1v) is 6.86. The van der Waals surface area contributed by atoms with Gasteiger partial charge in [0, 0.05) is 0 Å². The summed E-state index contributed by atoms with van der Waals surface area (Å²) < 4.78 is 0. The highest BCUT2D eigenvalue weighted by Crippen LogP contribution is 2.35. The summed E-state index contributed by atoms with van der Waals surface area (Å²) in [5, 5.41) is 14.7. The van der Waals surface area contributed by atoms with E-state index in [4.69, 9.17) is 0 Å². The van der Waals surface area contributed by atoms with Gasteiger partial charge < -0.3 is 5.11 Å². The highest BCUT2D eigenvalue weighted by atomic mass is 32.1. The lowest BCUT2D eigenvalue weighted by Crippen LogP contribution is -2.34. The molecule has 0 bridgehead atoms. The first-order valence-electron chi connectivity index (χ1n) is 5.91. The molecule has 2 rings (SSSR count). The van der Waals surface area contributed by atoms with E-state index in [1.165, 1.54) is 18.4 Å². The average Bonchev–Trinajstić information content (AvgIpc) is 2.67. The topological polar surface area (TPSA) is 20.2 Å². The monoisotopic (exact) mass is 224 g/mol. The van der Waals surface area contributed by atoms with Gasteiger partial charge in [-0.2, -0.15) is 11.3 Å². The Kier molecular flexibility index (Phi) is 3.47. The summed E-state index contributed by atoms with van der Waals surface area (Å²) in [5.41, 5.74) is 1.01. The lowest BCUT2D eigenvalue weighted by molar-refractivity contribution is -0.0197. The molecule has 1 aliphatic carbocycles. The summed E-state index contributed by atoms with van der Waals surface area (Å²) in [6.07, 6.45) is 6.46. The minimum atomic E-state index is -0.375. The van der Waals surface area contributed by atoms with Gasteiger partial charge in [0.25, 0.3) is 0 Å². The van der Waals surface area contributed by atoms with Gasteiger partial charge in [0.2, 0.25) is 0 Å². The Balaban J connectivity index is 1.87. The van der Waals surface area contributed by atoms with Crippen molar-refractivity contribution >= 4 is 11.3 Å². The van der Waals surface area contributed by atoms with Crippen molar-refractivity contribution in [3.63, 3.8) is 0 Å². The largest absolute Gasteiger partial charge is 0.390 e. The zero-order valence-corrected chi connectivity index (χ0v) is 10.2. The maximum atomic E-state index is 10.4. The Labute approximate surface area is 96.1 Å². The number of hydrogen-bond acceptors (Lipinski definition) is 2. The summed E-state index contributed by atoms with van der Waals surface area (Å²) in [5.74, 6) is 0.700. The molecule has 15 heavy (non-hydrogen) atoms. The zero-order valence-electron chi connectivity index (χ0n) is 9.41. The Morgan fingerprint density at radius 3 is 3.13 bits per heavy atom. The quantitative estimate of drug-likeness (QED) is 0.831. The molecular weight excluding hydrogens is 204 g/mol. The summed E-state index contributed by atoms with van der Waals surface area (Å²) in [6.45, 7) is 2.26. The Morgan fingerprint density at radius 1 is 1.60 bits per heavy atom. The second-order valence-electron chi connectivity index (χ2n) is 5.06. The van der Waals surface area contributed by atoms with Crippen LogP contribution in [0, 0.1) is 5.92 Å². The van der Waals surface area contributed by atoms with Crippen molar-refractivity contribution in [2.45, 2.75) is 51.0 Å². The van der Waals surface area contributed by atoms with Gasteiger partial charge in [0.1, 0.15) is 0 Å². The van der Waals surface area contributed by atoms with Crippen LogP contribution in [0.4, 0.5) is 0 Å². The van der Waals surface area contributed by atoms with E-state index in [-0.39, 0.29) is 5.60 Å². The number of aliphatic hydroxyl groups is 1. The summed E-state index contributed by atoms with van der Waals surface area (Å²) >= 11 is 1.74. The lowest BCUT2D eigenvalue weighted by atomic mass is 9.76. The van der Waals surface area contributed by atoms with Crippen molar-refractivity contribution in [1.82, 2.24) is 0 Å². The van der Waals surface area contributed by atoms with E-state index in [1.807, 2.05) is 0 Å². The van der Waals surface area contributed by atoms with Crippen LogP contribution in [0.3, 0.4) is 0 Å². The second-order valence-corrected chi connectivity index (χ2v) is 5.84. The van der Waals surface area contributed by atoms with Gasteiger partial charge in [-0.25, -0.2) is 0 Å². The number of thiophene rings is 1. The third kappa shape index (κ3) is 3.05. The fourth-order valence-electron chi connectivity index (χ4n) is 2.67. The van der Waals surface area contributed by atoms with Crippen LogP contribution in [-0.2, 0) is 6.42 Å². The predicted molar refractivity (Wildman–Crippen MR) is 65.2 cm³/mol. The van der Waals surface area contributed by atoms with Crippen LogP contribution in [0.15, 0.2) is 16.8 Å². The number of aryl methyl sites for hydroxylation is 1. The lowest BCUT2D eigenvalue weighted by Gasteiger charge is -2.35. The van der Waals surface area contributed by atoms with Crippen molar-refractivity contribution in [3.05, 3.63) is 22.4 Å². The van der Waals surface area contributed by atoms with E-state index >= 15 is 0 Å². The van der Waals surface area contributed by atoms with Crippen molar-refractivity contribution < 1.29 is 5.11 Å². The van der Waals surface area contributed by atoms with Gasteiger partial charge >= 0.3 is 0 Å². The van der Waals surface area contributed by atoms with E-state index in [1.54, 1.807) is 11.3 Å². The minimum absolute atomic E-state index is 0.375. The predicted octanol–water partition coefficient (Wildman–Crippen LogP) is 3.62. The molecule has 0 radical (unpaired) electrons. The molecule has 1 aliphatic rings. The molecule has 1 fully saturated rings. The molecule has 0 amide bonds. The molecule has 1 aromatic rings. The molecule has 84 valence electrons. The van der Waals surface area contributed by atoms with Gasteiger partial charge in [-0.05, 0) is 54.0 Å². The molecule has 1 N–H and O–H groups in total. The van der Waals surface area contributed by atoms with Crippen LogP contribution in [0.2, 0.25) is 0 Å². The van der Waals surface area contributed by atoms with Crippen LogP contribution in [0.1, 0.15) is 44.6 Å². The zero-order chi connectivity index (χ0) is 10.7. The maximum absolute atomic E-state index is 10.4. The van der Waals surface area contributed by atoms with Crippen LogP contribution in [-0.4, -0.2) is 10.7 Å². The van der Waals surface area contributed by atoms with Crippen LogP contribution >= 0.6 is 11.3 Å². The molecule has 0 aliphatic heterocycles. The molecule has 2 unspecified atom stereocenters. The van der Waals surface area contributed by atoms with E-state index in [2.05, 4.69) is 23.8 Å². The first kappa shape index (κ1) is 11.2. The van der Waals surface area contributed by atoms with E-state index in [0.717, 1.165) is 25.7 Å². The van der Waals surface area contributed by atoms with Gasteiger partial charge in [0.05, 0.1) is 5.60 Å². The van der Waals surface area contributed by atoms with Gasteiger partial charge in [-0.15, -0.1) is 0 Å². The van der Waals surface area contributed by atoms with Crippen molar-refractivity contribution in [2.75, 3.05) is 0 Å². The summed E-state index contributed by atoms with van der Waals surface area (Å²) in [7, 11) is 0. The number of hydrogen-bond donors (Lipinski definition) is 1. The van der Waals surface area contributed by atoms with Crippen molar-refractivity contribution in [2.24, 2.45) is 5.92 Å². The molecule has 1 nitrogen and oxygen atoms in total. The molecule has 0 spiro atoms. The third-order valence-corrected chi connectivity index (χ3v) is 4.26. The minimum Gasteiger partial charge on any atom is -0.390 e. The average molecular weight is 224 g/mol. The fourth-order valence-corrected chi connectivity index (χ4v) is 3.37. The van der Waals surface area contributed by atoms with Crippen molar-refractivity contribution in [3.8, 4) is 0 Å². The van der Waals surface area contributed by atoms with Gasteiger partial charge in [-0.1, -0.05) is 19.8 Å². The van der Waals surface area contributed by atoms with Crippen LogP contribution < -0.4 is 0 Å². The SMILES string of the molecule is CC1CCCC(O)(CCc2ccsc2)C1. The Hall–Kier alpha value is -0.340. The molecule has 2 atom stereocenters. The van der Waals surface area contributed by atoms with E-state index in [0.29, 0.717) is 5.92 Å². The fraction of sp³-hybridized carbons (Fsp3) is 0.692. The molecule has 0 aromatic carbocycles. The maximum Gasteiger partial charge on any atom is 0.0653 e. The highest BCUT2D eigenvalue weighted by molar-refractivity contribution is 7.07. The Morgan fingerprint density at radius 2 is 2.47 bits per heavy atom. The van der Waals surface area contributed by atoms with E-state index < -0.39 is 0 Å². The highest BCUT2D eigenvalue weighted by Gasteiger charge is 2.31. The smallest absolute Gasteiger partial charge is 0.0653 e. The third-order valence-electron chi connectivity index (χ3n) is 3.53. The van der Waals surface area contributed by atoms with Crippen molar-refractivity contribution in [1.29, 1.82) is 0 Å². The molecule has 0 saturated heterocycles. The molecule has 1 heterocycles. The van der Waals surface area contributed by atoms with Crippen LogP contribution in [0.5, 0.6) is 0 Å². The van der Waals surface area contributed by atoms with Crippen LogP contribution in [0.25, 0.3) is 0 Å². The molecule has 1 aromatic heterocycles. The first-order chi connectivity index (χ1) is 7.18. The molecule has 2 heteroatoms. The molecular formula is C13H20OS. The van der Waals surface area contributed by atoms with Gasteiger partial charge in [-0.3, -0.25) is 0 Å². The molecule has 1 saturated carbocycles. The number of rotatable bonds is 3.